The predicted octanol–water partition coefficient (Wildman–Crippen LogP) is 0.755. The zero-order valence-corrected chi connectivity index (χ0v) is 9.91. The second-order valence-corrected chi connectivity index (χ2v) is 4.28. The summed E-state index contributed by atoms with van der Waals surface area (Å²) in [5.41, 5.74) is 6.18. The number of nitrogen functional groups attached to an aromatic ring is 1. The van der Waals surface area contributed by atoms with Crippen LogP contribution in [0.2, 0.25) is 0 Å². The maximum absolute atomic E-state index is 11.6. The third kappa shape index (κ3) is 2.85. The third-order valence-corrected chi connectivity index (χ3v) is 2.42. The minimum absolute atomic E-state index is 0.0407. The second-order valence-electron chi connectivity index (χ2n) is 3.42. The maximum atomic E-state index is 11.6. The number of rotatable bonds is 3. The smallest absolute Gasteiger partial charge is 0.265 e. The van der Waals surface area contributed by atoms with Gasteiger partial charge in [0.1, 0.15) is 0 Å². The fourth-order valence-electron chi connectivity index (χ4n) is 1.09. The highest BCUT2D eigenvalue weighted by atomic mass is 79.9. The molecule has 0 unspecified atom stereocenters. The van der Waals surface area contributed by atoms with Gasteiger partial charge in [0.2, 0.25) is 0 Å². The van der Waals surface area contributed by atoms with E-state index >= 15 is 0 Å². The van der Waals surface area contributed by atoms with Crippen molar-refractivity contribution >= 4 is 21.6 Å². The van der Waals surface area contributed by atoms with E-state index < -0.39 is 0 Å². The number of anilines is 1. The summed E-state index contributed by atoms with van der Waals surface area (Å²) in [5, 5.41) is 0. The Morgan fingerprint density at radius 2 is 2.21 bits per heavy atom. The lowest BCUT2D eigenvalue weighted by Gasteiger charge is -2.11. The van der Waals surface area contributed by atoms with Crippen molar-refractivity contribution in [3.63, 3.8) is 0 Å². The molecule has 0 aromatic carbocycles. The van der Waals surface area contributed by atoms with E-state index in [9.17, 15) is 4.79 Å². The first-order valence-electron chi connectivity index (χ1n) is 4.31. The summed E-state index contributed by atoms with van der Waals surface area (Å²) < 4.78 is 2.12. The summed E-state index contributed by atoms with van der Waals surface area (Å²) in [4.78, 5) is 13.6. The molecule has 14 heavy (non-hydrogen) atoms. The van der Waals surface area contributed by atoms with Crippen LogP contribution in [0.1, 0.15) is 0 Å². The first-order chi connectivity index (χ1) is 6.50. The molecule has 0 amide bonds. The summed E-state index contributed by atoms with van der Waals surface area (Å²) in [5.74, 6) is 0. The Bertz CT molecular complexity index is 373. The van der Waals surface area contributed by atoms with Gasteiger partial charge in [0, 0.05) is 25.0 Å². The van der Waals surface area contributed by atoms with E-state index in [0.717, 1.165) is 6.54 Å². The Labute approximate surface area is 91.4 Å². The van der Waals surface area contributed by atoms with E-state index in [1.54, 1.807) is 16.8 Å². The molecule has 0 aliphatic rings. The summed E-state index contributed by atoms with van der Waals surface area (Å²) in [6, 6.07) is 1.62. The van der Waals surface area contributed by atoms with Crippen LogP contribution in [0, 0.1) is 0 Å². The van der Waals surface area contributed by atoms with Gasteiger partial charge in [-0.1, -0.05) is 0 Å². The van der Waals surface area contributed by atoms with Crippen LogP contribution in [-0.4, -0.2) is 30.1 Å². The van der Waals surface area contributed by atoms with Crippen molar-refractivity contribution in [3.8, 4) is 0 Å². The number of nitrogens with two attached hydrogens (primary N) is 1. The molecule has 1 aromatic rings. The van der Waals surface area contributed by atoms with Crippen LogP contribution in [-0.2, 0) is 6.54 Å². The first-order valence-corrected chi connectivity index (χ1v) is 5.10. The monoisotopic (exact) mass is 259 g/mol. The molecule has 1 rings (SSSR count). The van der Waals surface area contributed by atoms with Gasteiger partial charge in [0.25, 0.3) is 5.56 Å². The number of halogens is 1. The van der Waals surface area contributed by atoms with Crippen molar-refractivity contribution in [2.24, 2.45) is 0 Å². The molecule has 0 aliphatic heterocycles. The lowest BCUT2D eigenvalue weighted by atomic mass is 10.4. The second kappa shape index (κ2) is 4.61. The largest absolute Gasteiger partial charge is 0.398 e. The van der Waals surface area contributed by atoms with Crippen molar-refractivity contribution in [1.82, 2.24) is 9.47 Å². The Balaban J connectivity index is 2.91. The lowest BCUT2D eigenvalue weighted by Crippen LogP contribution is -2.26. The van der Waals surface area contributed by atoms with Crippen LogP contribution in [0.15, 0.2) is 21.5 Å². The van der Waals surface area contributed by atoms with E-state index in [0.29, 0.717) is 16.7 Å². The van der Waals surface area contributed by atoms with E-state index in [4.69, 9.17) is 5.73 Å². The number of aromatic nitrogens is 1. The van der Waals surface area contributed by atoms with Gasteiger partial charge < -0.3 is 15.2 Å². The van der Waals surface area contributed by atoms with Crippen molar-refractivity contribution in [1.29, 1.82) is 0 Å². The van der Waals surface area contributed by atoms with Crippen LogP contribution in [0.4, 0.5) is 5.69 Å². The fourth-order valence-corrected chi connectivity index (χ4v) is 1.59. The number of pyridine rings is 1. The van der Waals surface area contributed by atoms with E-state index in [1.165, 1.54) is 0 Å². The zero-order chi connectivity index (χ0) is 10.7. The molecule has 0 aliphatic carbocycles. The number of nitrogens with zero attached hydrogens (tertiary/aromatic N) is 2. The molecule has 5 heteroatoms. The topological polar surface area (TPSA) is 51.3 Å². The zero-order valence-electron chi connectivity index (χ0n) is 8.33. The molecule has 0 saturated carbocycles. The van der Waals surface area contributed by atoms with Gasteiger partial charge in [-0.25, -0.2) is 0 Å². The van der Waals surface area contributed by atoms with Crippen LogP contribution >= 0.6 is 15.9 Å². The van der Waals surface area contributed by atoms with Gasteiger partial charge in [0.15, 0.2) is 0 Å². The number of likely N-dealkylation sites (N-methyl/N-ethyl adjacent to an activating group) is 1. The molecule has 78 valence electrons. The molecule has 2 N–H and O–H groups in total. The molecule has 0 atom stereocenters. The van der Waals surface area contributed by atoms with E-state index in [1.807, 2.05) is 19.0 Å². The highest BCUT2D eigenvalue weighted by Gasteiger charge is 2.02. The summed E-state index contributed by atoms with van der Waals surface area (Å²) in [7, 11) is 3.93. The van der Waals surface area contributed by atoms with Gasteiger partial charge in [-0.2, -0.15) is 0 Å². The van der Waals surface area contributed by atoms with Crippen LogP contribution in [0.3, 0.4) is 0 Å². The molecule has 4 nitrogen and oxygen atoms in total. The Morgan fingerprint density at radius 3 is 2.79 bits per heavy atom. The SMILES string of the molecule is CN(C)CCn1cc(N)cc(Br)c1=O. The van der Waals surface area contributed by atoms with Gasteiger partial charge >= 0.3 is 0 Å². The Morgan fingerprint density at radius 1 is 1.57 bits per heavy atom. The molecule has 1 heterocycles. The van der Waals surface area contributed by atoms with Crippen molar-refractivity contribution in [3.05, 3.63) is 27.1 Å². The van der Waals surface area contributed by atoms with Gasteiger partial charge in [-0.05, 0) is 36.1 Å². The fraction of sp³-hybridized carbons (Fsp3) is 0.444. The average molecular weight is 260 g/mol. The van der Waals surface area contributed by atoms with Crippen LogP contribution < -0.4 is 11.3 Å². The molecule has 0 saturated heterocycles. The van der Waals surface area contributed by atoms with E-state index in [-0.39, 0.29) is 5.56 Å². The van der Waals surface area contributed by atoms with Crippen LogP contribution in [0.5, 0.6) is 0 Å². The molecule has 0 fully saturated rings. The van der Waals surface area contributed by atoms with Crippen LogP contribution in [0.25, 0.3) is 0 Å². The summed E-state index contributed by atoms with van der Waals surface area (Å²) >= 11 is 3.18. The normalized spacial score (nSPS) is 10.9. The standard InChI is InChI=1S/C9H14BrN3O/c1-12(2)3-4-13-6-7(11)5-8(10)9(13)14/h5-6H,3-4,11H2,1-2H3. The highest BCUT2D eigenvalue weighted by molar-refractivity contribution is 9.10. The molecule has 0 spiro atoms. The van der Waals surface area contributed by atoms with E-state index in [2.05, 4.69) is 15.9 Å². The third-order valence-electron chi connectivity index (χ3n) is 1.85. The van der Waals surface area contributed by atoms with Gasteiger partial charge in [-0.15, -0.1) is 0 Å². The molecule has 0 bridgehead atoms. The number of hydrogen-bond donors (Lipinski definition) is 1. The minimum atomic E-state index is -0.0407. The quantitative estimate of drug-likeness (QED) is 0.872. The predicted molar refractivity (Wildman–Crippen MR) is 61.4 cm³/mol. The highest BCUT2D eigenvalue weighted by Crippen LogP contribution is 2.07. The van der Waals surface area contributed by atoms with Gasteiger partial charge in [0.05, 0.1) is 4.47 Å². The molecular formula is C9H14BrN3O. The molecule has 1 aromatic heterocycles. The van der Waals surface area contributed by atoms with Gasteiger partial charge in [-0.3, -0.25) is 4.79 Å². The van der Waals surface area contributed by atoms with Crippen molar-refractivity contribution < 1.29 is 0 Å². The Kier molecular flexibility index (Phi) is 3.71. The Hall–Kier alpha value is -0.810. The summed E-state index contributed by atoms with van der Waals surface area (Å²) in [6.45, 7) is 1.46. The maximum Gasteiger partial charge on any atom is 0.265 e. The minimum Gasteiger partial charge on any atom is -0.398 e. The average Bonchev–Trinajstić information content (AvgIpc) is 2.08. The summed E-state index contributed by atoms with van der Waals surface area (Å²) in [6.07, 6.45) is 1.66. The van der Waals surface area contributed by atoms with Crippen molar-refractivity contribution in [2.75, 3.05) is 26.4 Å². The number of hydrogen-bond acceptors (Lipinski definition) is 3. The molecule has 0 radical (unpaired) electrons. The first kappa shape index (κ1) is 11.3. The molecular weight excluding hydrogens is 246 g/mol. The van der Waals surface area contributed by atoms with Crippen molar-refractivity contribution in [2.45, 2.75) is 6.54 Å². The lowest BCUT2D eigenvalue weighted by molar-refractivity contribution is 0.381.